The first kappa shape index (κ1) is 9.00. The topological polar surface area (TPSA) is 43.1 Å². The normalized spacial score (nSPS) is 9.42. The van der Waals surface area contributed by atoms with Crippen LogP contribution in [0.2, 0.25) is 0 Å². The van der Waals surface area contributed by atoms with Crippen molar-refractivity contribution in [2.75, 3.05) is 0 Å². The molecule has 1 amide bonds. The summed E-state index contributed by atoms with van der Waals surface area (Å²) < 4.78 is 0.905. The van der Waals surface area contributed by atoms with E-state index in [-0.39, 0.29) is 0 Å². The first-order chi connectivity index (χ1) is 5.61. The third kappa shape index (κ3) is 1.95. The molecule has 0 aliphatic rings. The minimum absolute atomic E-state index is 0.330. The van der Waals surface area contributed by atoms with Crippen LogP contribution in [0.1, 0.15) is 5.56 Å². The molecule has 0 heterocycles. The fourth-order valence-corrected chi connectivity index (χ4v) is 1.22. The van der Waals surface area contributed by atoms with Crippen LogP contribution < -0.4 is 5.73 Å². The Morgan fingerprint density at radius 3 is 2.67 bits per heavy atom. The Morgan fingerprint density at radius 1 is 1.50 bits per heavy atom. The second kappa shape index (κ2) is 3.54. The molecular formula is C9H8BrNO. The van der Waals surface area contributed by atoms with E-state index in [9.17, 15) is 4.79 Å². The number of primary amides is 1. The number of halogens is 1. The van der Waals surface area contributed by atoms with Crippen molar-refractivity contribution in [1.29, 1.82) is 0 Å². The van der Waals surface area contributed by atoms with Crippen LogP contribution in [0.3, 0.4) is 0 Å². The van der Waals surface area contributed by atoms with Gasteiger partial charge >= 0.3 is 0 Å². The summed E-state index contributed by atoms with van der Waals surface area (Å²) in [5.74, 6) is -0.492. The number of hydrogen-bond donors (Lipinski definition) is 1. The summed E-state index contributed by atoms with van der Waals surface area (Å²) in [6.45, 7) is 3.57. The lowest BCUT2D eigenvalue weighted by Gasteiger charge is -2.00. The number of carbonyl (C=O) groups excluding carboxylic acids is 1. The second-order valence-electron chi connectivity index (χ2n) is 2.35. The van der Waals surface area contributed by atoms with Gasteiger partial charge in [0.05, 0.1) is 0 Å². The summed E-state index contributed by atoms with van der Waals surface area (Å²) in [6, 6.07) is 7.29. The molecule has 62 valence electrons. The molecule has 0 saturated heterocycles. The molecule has 1 aromatic rings. The molecule has 0 atom stereocenters. The number of benzene rings is 1. The van der Waals surface area contributed by atoms with Gasteiger partial charge in [0.15, 0.2) is 0 Å². The van der Waals surface area contributed by atoms with Crippen LogP contribution >= 0.6 is 15.9 Å². The van der Waals surface area contributed by atoms with Crippen molar-refractivity contribution in [3.05, 3.63) is 40.9 Å². The zero-order valence-electron chi connectivity index (χ0n) is 6.38. The summed E-state index contributed by atoms with van der Waals surface area (Å²) in [5, 5.41) is 0. The molecule has 1 rings (SSSR count). The van der Waals surface area contributed by atoms with E-state index in [0.29, 0.717) is 5.57 Å². The lowest BCUT2D eigenvalue weighted by Crippen LogP contribution is -2.11. The van der Waals surface area contributed by atoms with Crippen molar-refractivity contribution in [3.8, 4) is 0 Å². The molecule has 2 N–H and O–H groups in total. The first-order valence-corrected chi connectivity index (χ1v) is 4.15. The molecule has 2 nitrogen and oxygen atoms in total. The lowest BCUT2D eigenvalue weighted by molar-refractivity contribution is -0.112. The number of carbonyl (C=O) groups is 1. The maximum atomic E-state index is 10.7. The van der Waals surface area contributed by atoms with Crippen molar-refractivity contribution in [1.82, 2.24) is 0 Å². The Morgan fingerprint density at radius 2 is 2.17 bits per heavy atom. The molecule has 0 aromatic heterocycles. The smallest absolute Gasteiger partial charge is 0.248 e. The van der Waals surface area contributed by atoms with E-state index in [4.69, 9.17) is 5.73 Å². The Hall–Kier alpha value is -1.09. The number of rotatable bonds is 2. The average molecular weight is 226 g/mol. The summed E-state index contributed by atoms with van der Waals surface area (Å²) in [5.41, 5.74) is 6.14. The molecule has 0 bridgehead atoms. The van der Waals surface area contributed by atoms with Crippen molar-refractivity contribution >= 4 is 27.4 Å². The molecular weight excluding hydrogens is 218 g/mol. The number of hydrogen-bond acceptors (Lipinski definition) is 1. The highest BCUT2D eigenvalue weighted by Gasteiger charge is 2.03. The predicted octanol–water partition coefficient (Wildman–Crippen LogP) is 1.95. The third-order valence-corrected chi connectivity index (χ3v) is 1.96. The van der Waals surface area contributed by atoms with Gasteiger partial charge in [-0.1, -0.05) is 34.6 Å². The molecule has 0 aliphatic carbocycles. The van der Waals surface area contributed by atoms with Gasteiger partial charge in [-0.15, -0.1) is 0 Å². The summed E-state index contributed by atoms with van der Waals surface area (Å²) in [6.07, 6.45) is 0. The Bertz CT molecular complexity index is 333. The first-order valence-electron chi connectivity index (χ1n) is 3.36. The van der Waals surface area contributed by atoms with Gasteiger partial charge in [0.2, 0.25) is 5.91 Å². The van der Waals surface area contributed by atoms with Crippen LogP contribution in [0.25, 0.3) is 5.57 Å². The van der Waals surface area contributed by atoms with Crippen molar-refractivity contribution in [2.24, 2.45) is 5.73 Å². The molecule has 0 unspecified atom stereocenters. The molecule has 0 aliphatic heterocycles. The largest absolute Gasteiger partial charge is 0.366 e. The highest BCUT2D eigenvalue weighted by Crippen LogP contribution is 2.17. The fourth-order valence-electron chi connectivity index (χ4n) is 0.818. The minimum Gasteiger partial charge on any atom is -0.366 e. The molecule has 0 spiro atoms. The van der Waals surface area contributed by atoms with Gasteiger partial charge in [-0.25, -0.2) is 0 Å². The Kier molecular flexibility index (Phi) is 2.65. The van der Waals surface area contributed by atoms with E-state index in [2.05, 4.69) is 22.5 Å². The summed E-state index contributed by atoms with van der Waals surface area (Å²) >= 11 is 3.29. The Labute approximate surface area is 79.2 Å². The van der Waals surface area contributed by atoms with Crippen LogP contribution in [0, 0.1) is 0 Å². The van der Waals surface area contributed by atoms with E-state index in [0.717, 1.165) is 10.0 Å². The maximum Gasteiger partial charge on any atom is 0.248 e. The van der Waals surface area contributed by atoms with Gasteiger partial charge < -0.3 is 5.73 Å². The van der Waals surface area contributed by atoms with E-state index in [1.165, 1.54) is 0 Å². The van der Waals surface area contributed by atoms with Crippen molar-refractivity contribution in [3.63, 3.8) is 0 Å². The van der Waals surface area contributed by atoms with Gasteiger partial charge in [-0.2, -0.15) is 0 Å². The van der Waals surface area contributed by atoms with Crippen LogP contribution in [-0.2, 0) is 4.79 Å². The molecule has 0 fully saturated rings. The van der Waals surface area contributed by atoms with Crippen LogP contribution in [0.4, 0.5) is 0 Å². The highest BCUT2D eigenvalue weighted by atomic mass is 79.9. The lowest BCUT2D eigenvalue weighted by atomic mass is 10.1. The molecule has 0 saturated carbocycles. The average Bonchev–Trinajstić information content (AvgIpc) is 2.03. The fraction of sp³-hybridized carbons (Fsp3) is 0. The van der Waals surface area contributed by atoms with Gasteiger partial charge in [0.25, 0.3) is 0 Å². The monoisotopic (exact) mass is 225 g/mol. The zero-order chi connectivity index (χ0) is 9.14. The van der Waals surface area contributed by atoms with Crippen LogP contribution in [0.5, 0.6) is 0 Å². The third-order valence-electron chi connectivity index (χ3n) is 1.47. The second-order valence-corrected chi connectivity index (χ2v) is 3.27. The highest BCUT2D eigenvalue weighted by molar-refractivity contribution is 9.10. The van der Waals surface area contributed by atoms with Crippen molar-refractivity contribution in [2.45, 2.75) is 0 Å². The number of amides is 1. The van der Waals surface area contributed by atoms with Gasteiger partial charge in [-0.05, 0) is 17.7 Å². The van der Waals surface area contributed by atoms with Crippen LogP contribution in [-0.4, -0.2) is 5.91 Å². The van der Waals surface area contributed by atoms with E-state index < -0.39 is 5.91 Å². The molecule has 0 radical (unpaired) electrons. The zero-order valence-corrected chi connectivity index (χ0v) is 7.97. The molecule has 3 heteroatoms. The van der Waals surface area contributed by atoms with E-state index in [1.807, 2.05) is 12.1 Å². The standard InChI is InChI=1S/C9H8BrNO/c1-6(9(11)12)7-3-2-4-8(10)5-7/h2-5H,1H2,(H2,11,12). The predicted molar refractivity (Wildman–Crippen MR) is 52.4 cm³/mol. The molecule has 12 heavy (non-hydrogen) atoms. The summed E-state index contributed by atoms with van der Waals surface area (Å²) in [7, 11) is 0. The van der Waals surface area contributed by atoms with Crippen molar-refractivity contribution < 1.29 is 4.79 Å². The summed E-state index contributed by atoms with van der Waals surface area (Å²) in [4.78, 5) is 10.7. The van der Waals surface area contributed by atoms with Gasteiger partial charge in [-0.3, -0.25) is 4.79 Å². The Balaban J connectivity index is 3.04. The van der Waals surface area contributed by atoms with E-state index >= 15 is 0 Å². The maximum absolute atomic E-state index is 10.7. The van der Waals surface area contributed by atoms with Crippen LogP contribution in [0.15, 0.2) is 35.3 Å². The quantitative estimate of drug-likeness (QED) is 0.769. The minimum atomic E-state index is -0.492. The van der Waals surface area contributed by atoms with E-state index in [1.54, 1.807) is 12.1 Å². The van der Waals surface area contributed by atoms with Gasteiger partial charge in [0.1, 0.15) is 0 Å². The molecule has 1 aromatic carbocycles. The van der Waals surface area contributed by atoms with Gasteiger partial charge in [0, 0.05) is 10.0 Å². The number of nitrogens with two attached hydrogens (primary N) is 1. The SMILES string of the molecule is C=C(C(N)=O)c1cccc(Br)c1.